The lowest BCUT2D eigenvalue weighted by Crippen LogP contribution is -2.22. The second-order valence-corrected chi connectivity index (χ2v) is 9.96. The Labute approximate surface area is 207 Å². The predicted molar refractivity (Wildman–Crippen MR) is 131 cm³/mol. The molecule has 3 aromatic rings. The zero-order chi connectivity index (χ0) is 24.5. The van der Waals surface area contributed by atoms with Crippen LogP contribution in [0.25, 0.3) is 11.4 Å². The number of carbonyl (C=O) groups is 1. The fourth-order valence-corrected chi connectivity index (χ4v) is 5.32. The number of nitriles is 1. The van der Waals surface area contributed by atoms with Gasteiger partial charge in [-0.3, -0.25) is 9.36 Å². The van der Waals surface area contributed by atoms with Crippen LogP contribution in [0.15, 0.2) is 29.4 Å². The highest BCUT2D eigenvalue weighted by Gasteiger charge is 2.31. The molecule has 1 aliphatic carbocycles. The summed E-state index contributed by atoms with van der Waals surface area (Å²) in [6.45, 7) is 5.19. The fourth-order valence-electron chi connectivity index (χ4n) is 4.51. The van der Waals surface area contributed by atoms with Crippen molar-refractivity contribution in [1.82, 2.24) is 19.3 Å². The van der Waals surface area contributed by atoms with Crippen molar-refractivity contribution in [3.8, 4) is 17.5 Å². The number of hydrogen-bond donors (Lipinski definition) is 1. The molecule has 0 bridgehead atoms. The van der Waals surface area contributed by atoms with Crippen molar-refractivity contribution < 1.29 is 13.9 Å². The van der Waals surface area contributed by atoms with Crippen LogP contribution in [0.2, 0.25) is 0 Å². The van der Waals surface area contributed by atoms with Gasteiger partial charge in [0.2, 0.25) is 5.91 Å². The molecule has 0 radical (unpaired) electrons. The van der Waals surface area contributed by atoms with E-state index in [1.807, 2.05) is 23.0 Å². The molecule has 10 heteroatoms. The maximum atomic E-state index is 14.4. The van der Waals surface area contributed by atoms with E-state index >= 15 is 0 Å². The maximum Gasteiger partial charge on any atom is 0.235 e. The van der Waals surface area contributed by atoms with Crippen LogP contribution in [-0.2, 0) is 16.1 Å². The van der Waals surface area contributed by atoms with E-state index in [1.165, 1.54) is 17.8 Å². The largest absolute Gasteiger partial charge is 0.376 e. The van der Waals surface area contributed by atoms with Crippen molar-refractivity contribution in [3.63, 3.8) is 0 Å². The number of nitrogens with zero attached hydrogens (tertiary/aromatic N) is 5. The first kappa shape index (κ1) is 23.6. The van der Waals surface area contributed by atoms with Crippen LogP contribution < -0.4 is 5.32 Å². The first-order valence-electron chi connectivity index (χ1n) is 11.8. The summed E-state index contributed by atoms with van der Waals surface area (Å²) in [5.41, 5.74) is 2.68. The van der Waals surface area contributed by atoms with Crippen molar-refractivity contribution in [2.45, 2.75) is 63.4 Å². The van der Waals surface area contributed by atoms with Gasteiger partial charge in [-0.25, -0.2) is 4.39 Å². The van der Waals surface area contributed by atoms with Crippen molar-refractivity contribution in [2.75, 3.05) is 17.7 Å². The number of amides is 1. The number of benzene rings is 1. The van der Waals surface area contributed by atoms with Crippen molar-refractivity contribution >= 4 is 23.5 Å². The van der Waals surface area contributed by atoms with Crippen molar-refractivity contribution in [3.05, 3.63) is 46.9 Å². The Morgan fingerprint density at radius 2 is 2.09 bits per heavy atom. The summed E-state index contributed by atoms with van der Waals surface area (Å²) in [5.74, 6) is 0.500. The number of rotatable bonds is 8. The minimum absolute atomic E-state index is 0.0750. The first-order chi connectivity index (χ1) is 17.0. The highest BCUT2D eigenvalue weighted by molar-refractivity contribution is 7.99. The van der Waals surface area contributed by atoms with Crippen LogP contribution in [0.3, 0.4) is 0 Å². The Morgan fingerprint density at radius 1 is 1.29 bits per heavy atom. The third kappa shape index (κ3) is 4.70. The molecule has 1 N–H and O–H groups in total. The van der Waals surface area contributed by atoms with Crippen molar-refractivity contribution in [1.29, 1.82) is 5.26 Å². The number of anilines is 1. The van der Waals surface area contributed by atoms with Gasteiger partial charge in [-0.1, -0.05) is 23.9 Å². The Hall–Kier alpha value is -3.16. The summed E-state index contributed by atoms with van der Waals surface area (Å²) in [5, 5.41) is 21.8. The van der Waals surface area contributed by atoms with Gasteiger partial charge in [0.25, 0.3) is 0 Å². The molecule has 1 amide bonds. The summed E-state index contributed by atoms with van der Waals surface area (Å²) < 4.78 is 24.1. The second-order valence-electron chi connectivity index (χ2n) is 9.02. The van der Waals surface area contributed by atoms with E-state index in [2.05, 4.69) is 21.6 Å². The molecular weight excluding hydrogens is 467 g/mol. The average Bonchev–Trinajstić information content (AvgIpc) is 3.30. The zero-order valence-corrected chi connectivity index (χ0v) is 20.6. The molecule has 1 aromatic carbocycles. The summed E-state index contributed by atoms with van der Waals surface area (Å²) >= 11 is 1.27. The van der Waals surface area contributed by atoms with Gasteiger partial charge in [0.15, 0.2) is 11.0 Å². The Kier molecular flexibility index (Phi) is 6.62. The van der Waals surface area contributed by atoms with Crippen LogP contribution in [0.1, 0.15) is 48.5 Å². The van der Waals surface area contributed by atoms with Gasteiger partial charge in [-0.15, -0.1) is 10.2 Å². The molecule has 1 saturated heterocycles. The van der Waals surface area contributed by atoms with Crippen LogP contribution >= 0.6 is 11.8 Å². The van der Waals surface area contributed by atoms with E-state index < -0.39 is 0 Å². The van der Waals surface area contributed by atoms with Crippen LogP contribution in [0, 0.1) is 31.0 Å². The maximum absolute atomic E-state index is 14.4. The average molecular weight is 495 g/mol. The minimum atomic E-state index is -0.349. The predicted octanol–water partition coefficient (Wildman–Crippen LogP) is 4.62. The number of thioether (sulfide) groups is 1. The summed E-state index contributed by atoms with van der Waals surface area (Å²) in [6, 6.07) is 8.97. The molecular formula is C25H27FN6O2S. The van der Waals surface area contributed by atoms with E-state index in [0.717, 1.165) is 43.5 Å². The standard InChI is InChI=1S/C25H27FN6O2S/c1-15-16(2)31(13-18-6-5-11-34-18)23(20(15)12-27)28-22(33)14-35-25-30-29-24(32(25)17-9-10-17)19-7-3-4-8-21(19)26/h3-4,7-8,17-18H,5-6,9-11,13-14H2,1-2H3,(H,28,33)/t18-/m1/s1. The monoisotopic (exact) mass is 494 g/mol. The Bertz CT molecular complexity index is 1300. The lowest BCUT2D eigenvalue weighted by atomic mass is 10.2. The van der Waals surface area contributed by atoms with Gasteiger partial charge in [-0.2, -0.15) is 5.26 Å². The number of halogens is 1. The molecule has 5 rings (SSSR count). The van der Waals surface area contributed by atoms with Crippen molar-refractivity contribution in [2.24, 2.45) is 0 Å². The molecule has 2 aromatic heterocycles. The Morgan fingerprint density at radius 3 is 2.77 bits per heavy atom. The molecule has 8 nitrogen and oxygen atoms in total. The summed E-state index contributed by atoms with van der Waals surface area (Å²) in [4.78, 5) is 13.0. The molecule has 0 unspecified atom stereocenters. The molecule has 0 spiro atoms. The molecule has 3 heterocycles. The molecule has 1 saturated carbocycles. The van der Waals surface area contributed by atoms with Gasteiger partial charge < -0.3 is 14.6 Å². The highest BCUT2D eigenvalue weighted by atomic mass is 32.2. The number of hydrogen-bond acceptors (Lipinski definition) is 6. The quantitative estimate of drug-likeness (QED) is 0.459. The molecule has 35 heavy (non-hydrogen) atoms. The van der Waals surface area contributed by atoms with Gasteiger partial charge in [0.1, 0.15) is 17.7 Å². The zero-order valence-electron chi connectivity index (χ0n) is 19.8. The van der Waals surface area contributed by atoms with Crippen LogP contribution in [-0.4, -0.2) is 43.7 Å². The van der Waals surface area contributed by atoms with E-state index in [4.69, 9.17) is 4.74 Å². The minimum Gasteiger partial charge on any atom is -0.376 e. The van der Waals surface area contributed by atoms with Gasteiger partial charge >= 0.3 is 0 Å². The normalized spacial score (nSPS) is 17.5. The molecule has 182 valence electrons. The number of nitrogens with one attached hydrogen (secondary N) is 1. The number of aromatic nitrogens is 4. The lowest BCUT2D eigenvalue weighted by Gasteiger charge is -2.17. The molecule has 2 aliphatic rings. The molecule has 1 aliphatic heterocycles. The SMILES string of the molecule is Cc1c(C#N)c(NC(=O)CSc2nnc(-c3ccccc3F)n2C2CC2)n(C[C@H]2CCCO2)c1C. The van der Waals surface area contributed by atoms with E-state index in [1.54, 1.807) is 18.2 Å². The summed E-state index contributed by atoms with van der Waals surface area (Å²) in [7, 11) is 0. The highest BCUT2D eigenvalue weighted by Crippen LogP contribution is 2.41. The van der Waals surface area contributed by atoms with Gasteiger partial charge in [0.05, 0.1) is 29.5 Å². The number of carbonyl (C=O) groups excluding carboxylic acids is 1. The first-order valence-corrected chi connectivity index (χ1v) is 12.8. The lowest BCUT2D eigenvalue weighted by molar-refractivity contribution is -0.113. The van der Waals surface area contributed by atoms with E-state index in [0.29, 0.717) is 34.5 Å². The van der Waals surface area contributed by atoms with Crippen LogP contribution in [0.5, 0.6) is 0 Å². The summed E-state index contributed by atoms with van der Waals surface area (Å²) in [6.07, 6.45) is 4.00. The topological polar surface area (TPSA) is 97.8 Å². The Balaban J connectivity index is 1.34. The second kappa shape index (κ2) is 9.84. The van der Waals surface area contributed by atoms with Gasteiger partial charge in [0, 0.05) is 18.3 Å². The molecule has 2 fully saturated rings. The molecule has 1 atom stereocenters. The third-order valence-corrected chi connectivity index (χ3v) is 7.58. The third-order valence-electron chi connectivity index (χ3n) is 6.63. The van der Waals surface area contributed by atoms with E-state index in [9.17, 15) is 14.4 Å². The van der Waals surface area contributed by atoms with E-state index in [-0.39, 0.29) is 29.6 Å². The van der Waals surface area contributed by atoms with Gasteiger partial charge in [-0.05, 0) is 57.2 Å². The number of ether oxygens (including phenoxy) is 1. The fraction of sp³-hybridized carbons (Fsp3) is 0.440. The van der Waals surface area contributed by atoms with Crippen LogP contribution in [0.4, 0.5) is 10.2 Å². The smallest absolute Gasteiger partial charge is 0.235 e.